The van der Waals surface area contributed by atoms with E-state index in [1.165, 1.54) is 13.1 Å². The van der Waals surface area contributed by atoms with Gasteiger partial charge in [-0.25, -0.2) is 13.8 Å². The third-order valence-electron chi connectivity index (χ3n) is 7.64. The number of carbonyl (C=O) groups is 2. The topological polar surface area (TPSA) is 102 Å². The zero-order chi connectivity index (χ0) is 33.2. The average Bonchev–Trinajstić information content (AvgIpc) is 2.99. The molecule has 1 aliphatic heterocycles. The third-order valence-corrected chi connectivity index (χ3v) is 7.64. The van der Waals surface area contributed by atoms with Crippen LogP contribution in [0.15, 0.2) is 53.6 Å². The highest BCUT2D eigenvalue weighted by atomic mass is 19.4. The van der Waals surface area contributed by atoms with Gasteiger partial charge in [-0.1, -0.05) is 20.4 Å². The SMILES string of the molecule is C=CC(=O)N1CCN(/C(=N/C)c2cc(F)c(C3=C(O)CCC=C3F)nc2N(C=O)c2c(C(F)(F)F)ccnc2C(C)C)C(C)C1. The number of carbonyl (C=O) groups excluding carboxylic acids is 2. The maximum atomic E-state index is 15.9. The van der Waals surface area contributed by atoms with Crippen LogP contribution < -0.4 is 4.90 Å². The van der Waals surface area contributed by atoms with Crippen molar-refractivity contribution in [1.82, 2.24) is 19.8 Å². The fraction of sp³-hybridized carbons (Fsp3) is 0.387. The number of aromatic nitrogens is 2. The summed E-state index contributed by atoms with van der Waals surface area (Å²) in [6, 6.07) is 1.21. The molecule has 1 atom stereocenters. The highest BCUT2D eigenvalue weighted by Gasteiger charge is 2.40. The summed E-state index contributed by atoms with van der Waals surface area (Å²) >= 11 is 0. The van der Waals surface area contributed by atoms with E-state index in [9.17, 15) is 27.9 Å². The number of piperazine rings is 1. The fourth-order valence-corrected chi connectivity index (χ4v) is 5.54. The van der Waals surface area contributed by atoms with E-state index in [1.54, 1.807) is 30.6 Å². The molecule has 2 aromatic rings. The number of rotatable bonds is 7. The predicted octanol–water partition coefficient (Wildman–Crippen LogP) is 6.06. The minimum atomic E-state index is -4.94. The molecule has 9 nitrogen and oxygen atoms in total. The van der Waals surface area contributed by atoms with Crippen LogP contribution in [0.1, 0.15) is 62.0 Å². The van der Waals surface area contributed by atoms with Crippen LogP contribution in [0.5, 0.6) is 0 Å². The first kappa shape index (κ1) is 33.3. The van der Waals surface area contributed by atoms with Gasteiger partial charge >= 0.3 is 6.18 Å². The third kappa shape index (κ3) is 6.45. The smallest absolute Gasteiger partial charge is 0.418 e. The lowest BCUT2D eigenvalue weighted by atomic mass is 9.98. The summed E-state index contributed by atoms with van der Waals surface area (Å²) in [5.74, 6) is -3.90. The summed E-state index contributed by atoms with van der Waals surface area (Å²) in [5.41, 5.74) is -3.36. The molecule has 2 aromatic heterocycles. The quantitative estimate of drug-likeness (QED) is 0.131. The molecule has 0 saturated carbocycles. The largest absolute Gasteiger partial charge is 0.511 e. The normalized spacial score (nSPS) is 17.9. The van der Waals surface area contributed by atoms with Crippen molar-refractivity contribution >= 4 is 35.2 Å². The fourth-order valence-electron chi connectivity index (χ4n) is 5.54. The van der Waals surface area contributed by atoms with E-state index in [0.29, 0.717) is 11.0 Å². The lowest BCUT2D eigenvalue weighted by molar-refractivity contribution is -0.137. The molecule has 3 heterocycles. The second-order valence-electron chi connectivity index (χ2n) is 10.9. The number of amides is 2. The maximum Gasteiger partial charge on any atom is 0.418 e. The second-order valence-corrected chi connectivity index (χ2v) is 10.9. The van der Waals surface area contributed by atoms with E-state index in [0.717, 1.165) is 18.3 Å². The van der Waals surface area contributed by atoms with Crippen LogP contribution in [0.2, 0.25) is 0 Å². The number of aliphatic hydroxyl groups is 1. The first-order valence-corrected chi connectivity index (χ1v) is 14.2. The van der Waals surface area contributed by atoms with Gasteiger partial charge < -0.3 is 14.9 Å². The zero-order valence-electron chi connectivity index (χ0n) is 25.2. The molecular weight excluding hydrogens is 599 g/mol. The lowest BCUT2D eigenvalue weighted by Crippen LogP contribution is -2.55. The first-order valence-electron chi connectivity index (χ1n) is 14.2. The van der Waals surface area contributed by atoms with E-state index in [4.69, 9.17) is 0 Å². The molecule has 2 aliphatic rings. The van der Waals surface area contributed by atoms with Gasteiger partial charge in [0.1, 0.15) is 23.1 Å². The Morgan fingerprint density at radius 2 is 1.98 bits per heavy atom. The average molecular weight is 633 g/mol. The summed E-state index contributed by atoms with van der Waals surface area (Å²) in [7, 11) is 1.38. The van der Waals surface area contributed by atoms with E-state index in [2.05, 4.69) is 21.5 Å². The van der Waals surface area contributed by atoms with Gasteiger partial charge in [-0.3, -0.25) is 24.5 Å². The standard InChI is InChI=1S/C31H33F5N6O3/c1-6-24(45)40-12-13-41(18(4)15-40)29(37-5)19-14-22(33)27(25-21(32)8-7-9-23(25)44)39-30(19)42(16-43)28-20(31(34,35)36)10-11-38-26(28)17(2)3/h6,8,10-11,14,16-18,44H,1,7,9,12-13,15H2,2-5H3/b37-29+. The van der Waals surface area contributed by atoms with Crippen molar-refractivity contribution in [3.05, 3.63) is 77.0 Å². The van der Waals surface area contributed by atoms with Crippen molar-refractivity contribution in [3.8, 4) is 0 Å². The molecule has 1 N–H and O–H groups in total. The number of amidine groups is 1. The summed E-state index contributed by atoms with van der Waals surface area (Å²) in [4.78, 5) is 41.7. The van der Waals surface area contributed by atoms with Crippen molar-refractivity contribution in [2.24, 2.45) is 4.99 Å². The summed E-state index contributed by atoms with van der Waals surface area (Å²) < 4.78 is 74.2. The van der Waals surface area contributed by atoms with Gasteiger partial charge in [0.15, 0.2) is 11.6 Å². The van der Waals surface area contributed by atoms with E-state index < -0.39 is 63.9 Å². The van der Waals surface area contributed by atoms with Crippen molar-refractivity contribution in [2.45, 2.75) is 51.7 Å². The van der Waals surface area contributed by atoms with Gasteiger partial charge in [0, 0.05) is 45.3 Å². The van der Waals surface area contributed by atoms with Crippen LogP contribution in [0.25, 0.3) is 5.57 Å². The maximum absolute atomic E-state index is 15.9. The number of anilines is 2. The number of alkyl halides is 3. The van der Waals surface area contributed by atoms with Gasteiger partial charge in [-0.05, 0) is 43.5 Å². The summed E-state index contributed by atoms with van der Waals surface area (Å²) in [6.07, 6.45) is -1.43. The van der Waals surface area contributed by atoms with Crippen molar-refractivity contribution < 1.29 is 36.6 Å². The molecule has 0 radical (unpaired) electrons. The Bertz CT molecular complexity index is 1600. The van der Waals surface area contributed by atoms with Gasteiger partial charge in [0.25, 0.3) is 0 Å². The first-order chi connectivity index (χ1) is 21.2. The van der Waals surface area contributed by atoms with Crippen LogP contribution in [-0.4, -0.2) is 75.8 Å². The molecule has 0 bridgehead atoms. The number of halogens is 5. The number of pyridine rings is 2. The molecule has 4 rings (SSSR count). The lowest BCUT2D eigenvalue weighted by Gasteiger charge is -2.41. The molecule has 240 valence electrons. The second kappa shape index (κ2) is 13.2. The van der Waals surface area contributed by atoms with E-state index in [1.807, 2.05) is 0 Å². The number of allylic oxidation sites excluding steroid dienone is 4. The molecule has 1 aliphatic carbocycles. The molecule has 0 spiro atoms. The Hall–Kier alpha value is -4.62. The van der Waals surface area contributed by atoms with Crippen LogP contribution >= 0.6 is 0 Å². The van der Waals surface area contributed by atoms with Crippen molar-refractivity contribution in [3.63, 3.8) is 0 Å². The van der Waals surface area contributed by atoms with Crippen molar-refractivity contribution in [2.75, 3.05) is 31.6 Å². The van der Waals surface area contributed by atoms with E-state index in [-0.39, 0.29) is 61.9 Å². The Morgan fingerprint density at radius 3 is 2.53 bits per heavy atom. The van der Waals surface area contributed by atoms with Crippen LogP contribution in [0, 0.1) is 5.82 Å². The minimum Gasteiger partial charge on any atom is -0.511 e. The van der Waals surface area contributed by atoms with Crippen molar-refractivity contribution in [1.29, 1.82) is 0 Å². The molecule has 1 unspecified atom stereocenters. The number of hydrogen-bond acceptors (Lipinski definition) is 6. The molecule has 45 heavy (non-hydrogen) atoms. The Balaban J connectivity index is 2.02. The summed E-state index contributed by atoms with van der Waals surface area (Å²) in [6.45, 7) is 9.10. The molecule has 1 fully saturated rings. The Labute approximate surface area is 257 Å². The van der Waals surface area contributed by atoms with Crippen LogP contribution in [0.3, 0.4) is 0 Å². The molecule has 0 aromatic carbocycles. The number of nitrogens with zero attached hydrogens (tertiary/aromatic N) is 6. The Morgan fingerprint density at radius 1 is 1.27 bits per heavy atom. The summed E-state index contributed by atoms with van der Waals surface area (Å²) in [5, 5.41) is 10.5. The van der Waals surface area contributed by atoms with Gasteiger partial charge in [0.05, 0.1) is 28.1 Å². The predicted molar refractivity (Wildman–Crippen MR) is 159 cm³/mol. The number of aliphatic imine (C=N–C) groups is 1. The number of hydrogen-bond donors (Lipinski definition) is 1. The van der Waals surface area contributed by atoms with E-state index >= 15 is 8.78 Å². The van der Waals surface area contributed by atoms with Gasteiger partial charge in [-0.15, -0.1) is 0 Å². The number of aliphatic hydroxyl groups excluding tert-OH is 1. The molecule has 2 amide bonds. The minimum absolute atomic E-state index is 0.0242. The van der Waals surface area contributed by atoms with Crippen LogP contribution in [-0.2, 0) is 15.8 Å². The highest BCUT2D eigenvalue weighted by molar-refractivity contribution is 6.07. The van der Waals surface area contributed by atoms with Crippen LogP contribution in [0.4, 0.5) is 33.5 Å². The van der Waals surface area contributed by atoms with Gasteiger partial charge in [0.2, 0.25) is 12.3 Å². The molecule has 1 saturated heterocycles. The molecular formula is C31H33F5N6O3. The zero-order valence-corrected chi connectivity index (χ0v) is 25.2. The monoisotopic (exact) mass is 632 g/mol. The highest BCUT2D eigenvalue weighted by Crippen LogP contribution is 2.43. The Kier molecular flexibility index (Phi) is 9.74. The molecule has 14 heteroatoms. The van der Waals surface area contributed by atoms with Gasteiger partial charge in [-0.2, -0.15) is 13.2 Å².